The molecule has 0 aliphatic carbocycles. The van der Waals surface area contributed by atoms with Crippen LogP contribution in [0.3, 0.4) is 0 Å². The van der Waals surface area contributed by atoms with Crippen LogP contribution in [0, 0.1) is 19.7 Å². The van der Waals surface area contributed by atoms with E-state index in [0.717, 1.165) is 22.2 Å². The van der Waals surface area contributed by atoms with Crippen molar-refractivity contribution in [2.24, 2.45) is 0 Å². The van der Waals surface area contributed by atoms with Gasteiger partial charge in [-0.1, -0.05) is 17.7 Å². The molecular formula is C20H18ClFN4O. The zero-order valence-electron chi connectivity index (χ0n) is 14.9. The lowest BCUT2D eigenvalue weighted by Gasteiger charge is -2.06. The van der Waals surface area contributed by atoms with Crippen LogP contribution < -0.4 is 5.32 Å². The first-order chi connectivity index (χ1) is 12.9. The number of H-pyrrole nitrogens is 2. The fourth-order valence-corrected chi connectivity index (χ4v) is 3.60. The Morgan fingerprint density at radius 2 is 2.04 bits per heavy atom. The van der Waals surface area contributed by atoms with Gasteiger partial charge in [-0.05, 0) is 55.7 Å². The fourth-order valence-electron chi connectivity index (χ4n) is 3.43. The van der Waals surface area contributed by atoms with E-state index in [2.05, 4.69) is 20.3 Å². The van der Waals surface area contributed by atoms with Gasteiger partial charge in [-0.15, -0.1) is 0 Å². The number of aryl methyl sites for hydroxylation is 2. The van der Waals surface area contributed by atoms with Gasteiger partial charge in [-0.3, -0.25) is 4.79 Å². The molecule has 4 rings (SSSR count). The summed E-state index contributed by atoms with van der Waals surface area (Å²) in [5, 5.41) is 4.33. The number of aromatic amines is 2. The molecule has 0 unspecified atom stereocenters. The second-order valence-corrected chi connectivity index (χ2v) is 7.03. The Balaban J connectivity index is 1.51. The van der Waals surface area contributed by atoms with Crippen molar-refractivity contribution in [1.29, 1.82) is 0 Å². The summed E-state index contributed by atoms with van der Waals surface area (Å²) >= 11 is 5.96. The van der Waals surface area contributed by atoms with E-state index in [4.69, 9.17) is 11.6 Å². The third-order valence-corrected chi connectivity index (χ3v) is 4.98. The van der Waals surface area contributed by atoms with E-state index in [1.165, 1.54) is 6.07 Å². The summed E-state index contributed by atoms with van der Waals surface area (Å²) in [7, 11) is 0. The predicted molar refractivity (Wildman–Crippen MR) is 105 cm³/mol. The maximum absolute atomic E-state index is 14.0. The van der Waals surface area contributed by atoms with Crippen molar-refractivity contribution >= 4 is 39.4 Å². The van der Waals surface area contributed by atoms with Gasteiger partial charge in [-0.25, -0.2) is 9.37 Å². The summed E-state index contributed by atoms with van der Waals surface area (Å²) in [5.41, 5.74) is 4.84. The average molecular weight is 385 g/mol. The first-order valence-corrected chi connectivity index (χ1v) is 9.01. The number of hydrogen-bond acceptors (Lipinski definition) is 2. The second kappa shape index (κ2) is 6.70. The number of amides is 1. The molecule has 7 heteroatoms. The fraction of sp³-hybridized carbons (Fsp3) is 0.200. The van der Waals surface area contributed by atoms with E-state index in [1.807, 2.05) is 13.8 Å². The summed E-state index contributed by atoms with van der Waals surface area (Å²) < 4.78 is 14.0. The standard InChI is InChI=1S/C20H18ClFN4O/c1-10-3-5-14(22)18-17(10)13(11(2)24-18)7-8-23-20(27)19-25-15-6-4-12(21)9-16(15)26-19/h3-6,9,24H,7-8H2,1-2H3,(H,23,27)(H,25,26). The second-order valence-electron chi connectivity index (χ2n) is 6.60. The summed E-state index contributed by atoms with van der Waals surface area (Å²) in [4.78, 5) is 22.8. The van der Waals surface area contributed by atoms with Crippen molar-refractivity contribution in [1.82, 2.24) is 20.3 Å². The van der Waals surface area contributed by atoms with Crippen LogP contribution in [0.15, 0.2) is 30.3 Å². The zero-order valence-corrected chi connectivity index (χ0v) is 15.7. The van der Waals surface area contributed by atoms with E-state index in [0.29, 0.717) is 34.5 Å². The summed E-state index contributed by atoms with van der Waals surface area (Å²) in [6, 6.07) is 8.46. The Bertz CT molecular complexity index is 1180. The number of imidazole rings is 1. The van der Waals surface area contributed by atoms with Crippen LogP contribution in [0.2, 0.25) is 5.02 Å². The van der Waals surface area contributed by atoms with Crippen LogP contribution in [0.25, 0.3) is 21.9 Å². The molecule has 1 amide bonds. The maximum Gasteiger partial charge on any atom is 0.287 e. The number of halogens is 2. The normalized spacial score (nSPS) is 11.4. The minimum Gasteiger partial charge on any atom is -0.356 e. The van der Waals surface area contributed by atoms with Crippen LogP contribution in [0.5, 0.6) is 0 Å². The number of carbonyl (C=O) groups excluding carboxylic acids is 1. The van der Waals surface area contributed by atoms with E-state index in [9.17, 15) is 9.18 Å². The maximum atomic E-state index is 14.0. The largest absolute Gasteiger partial charge is 0.356 e. The highest BCUT2D eigenvalue weighted by atomic mass is 35.5. The van der Waals surface area contributed by atoms with Crippen LogP contribution in [0.1, 0.15) is 27.4 Å². The Labute approximate surface area is 159 Å². The van der Waals surface area contributed by atoms with Crippen LogP contribution in [-0.2, 0) is 6.42 Å². The molecule has 0 saturated carbocycles. The van der Waals surface area contributed by atoms with Crippen molar-refractivity contribution in [3.63, 3.8) is 0 Å². The molecule has 0 aliphatic heterocycles. The van der Waals surface area contributed by atoms with Crippen molar-refractivity contribution in [2.75, 3.05) is 6.54 Å². The molecule has 138 valence electrons. The number of fused-ring (bicyclic) bond motifs is 2. The highest BCUT2D eigenvalue weighted by Gasteiger charge is 2.15. The lowest BCUT2D eigenvalue weighted by atomic mass is 10.0. The molecular weight excluding hydrogens is 367 g/mol. The predicted octanol–water partition coefficient (Wildman–Crippen LogP) is 4.43. The van der Waals surface area contributed by atoms with Gasteiger partial charge in [0.1, 0.15) is 5.82 Å². The van der Waals surface area contributed by atoms with Crippen LogP contribution >= 0.6 is 11.6 Å². The molecule has 0 bridgehead atoms. The SMILES string of the molecule is Cc1[nH]c2c(F)ccc(C)c2c1CCNC(=O)c1nc2ccc(Cl)cc2[nH]1. The first kappa shape index (κ1) is 17.5. The third kappa shape index (κ3) is 3.17. The van der Waals surface area contributed by atoms with Gasteiger partial charge >= 0.3 is 0 Å². The number of rotatable bonds is 4. The topological polar surface area (TPSA) is 73.6 Å². The average Bonchev–Trinajstić information content (AvgIpc) is 3.20. The molecule has 0 fully saturated rings. The van der Waals surface area contributed by atoms with Gasteiger partial charge in [0, 0.05) is 22.6 Å². The van der Waals surface area contributed by atoms with Gasteiger partial charge in [-0.2, -0.15) is 0 Å². The Kier molecular flexibility index (Phi) is 4.36. The molecule has 0 spiro atoms. The van der Waals surface area contributed by atoms with E-state index < -0.39 is 0 Å². The first-order valence-electron chi connectivity index (χ1n) is 8.64. The highest BCUT2D eigenvalue weighted by Crippen LogP contribution is 2.27. The quantitative estimate of drug-likeness (QED) is 0.487. The van der Waals surface area contributed by atoms with E-state index in [1.54, 1.807) is 24.3 Å². The van der Waals surface area contributed by atoms with Gasteiger partial charge < -0.3 is 15.3 Å². The number of carbonyl (C=O) groups is 1. The number of hydrogen-bond donors (Lipinski definition) is 3. The molecule has 0 atom stereocenters. The number of nitrogens with zero attached hydrogens (tertiary/aromatic N) is 1. The molecule has 2 heterocycles. The summed E-state index contributed by atoms with van der Waals surface area (Å²) in [6.07, 6.45) is 0.591. The monoisotopic (exact) mass is 384 g/mol. The number of aromatic nitrogens is 3. The van der Waals surface area contributed by atoms with Crippen molar-refractivity contribution in [2.45, 2.75) is 20.3 Å². The van der Waals surface area contributed by atoms with Crippen molar-refractivity contribution in [3.8, 4) is 0 Å². The molecule has 0 aliphatic rings. The lowest BCUT2D eigenvalue weighted by molar-refractivity contribution is 0.0945. The zero-order chi connectivity index (χ0) is 19.1. The van der Waals surface area contributed by atoms with Gasteiger partial charge in [0.05, 0.1) is 16.6 Å². The summed E-state index contributed by atoms with van der Waals surface area (Å²) in [6.45, 7) is 4.29. The Hall–Kier alpha value is -2.86. The van der Waals surface area contributed by atoms with Gasteiger partial charge in [0.2, 0.25) is 0 Å². The van der Waals surface area contributed by atoms with Crippen LogP contribution in [0.4, 0.5) is 4.39 Å². The Morgan fingerprint density at radius 1 is 1.22 bits per heavy atom. The van der Waals surface area contributed by atoms with E-state index in [-0.39, 0.29) is 17.5 Å². The molecule has 4 aromatic rings. The van der Waals surface area contributed by atoms with Crippen molar-refractivity contribution in [3.05, 3.63) is 63.8 Å². The van der Waals surface area contributed by atoms with Crippen molar-refractivity contribution < 1.29 is 9.18 Å². The number of nitrogens with one attached hydrogen (secondary N) is 3. The van der Waals surface area contributed by atoms with Gasteiger partial charge in [0.25, 0.3) is 5.91 Å². The minimum absolute atomic E-state index is 0.241. The summed E-state index contributed by atoms with van der Waals surface area (Å²) in [5.74, 6) is -0.317. The van der Waals surface area contributed by atoms with Gasteiger partial charge in [0.15, 0.2) is 5.82 Å². The molecule has 27 heavy (non-hydrogen) atoms. The molecule has 2 aromatic heterocycles. The smallest absolute Gasteiger partial charge is 0.287 e. The third-order valence-electron chi connectivity index (χ3n) is 4.75. The Morgan fingerprint density at radius 3 is 2.85 bits per heavy atom. The minimum atomic E-state index is -0.289. The molecule has 0 radical (unpaired) electrons. The molecule has 5 nitrogen and oxygen atoms in total. The van der Waals surface area contributed by atoms with Crippen LogP contribution in [-0.4, -0.2) is 27.4 Å². The number of benzene rings is 2. The van der Waals surface area contributed by atoms with E-state index >= 15 is 0 Å². The molecule has 0 saturated heterocycles. The lowest BCUT2D eigenvalue weighted by Crippen LogP contribution is -2.26. The highest BCUT2D eigenvalue weighted by molar-refractivity contribution is 6.31. The molecule has 3 N–H and O–H groups in total. The molecule has 2 aromatic carbocycles.